The number of ether oxygens (including phenoxy) is 1. The Labute approximate surface area is 118 Å². The number of carbonyl (C=O) groups is 1. The van der Waals surface area contributed by atoms with Crippen molar-refractivity contribution < 1.29 is 9.53 Å². The van der Waals surface area contributed by atoms with Crippen LogP contribution < -0.4 is 10.1 Å². The molecule has 0 aliphatic rings. The van der Waals surface area contributed by atoms with Gasteiger partial charge in [-0.25, -0.2) is 0 Å². The molecule has 1 heterocycles. The lowest BCUT2D eigenvalue weighted by molar-refractivity contribution is 0.0949. The zero-order valence-corrected chi connectivity index (χ0v) is 11.9. The summed E-state index contributed by atoms with van der Waals surface area (Å²) in [6.45, 7) is 1.05. The summed E-state index contributed by atoms with van der Waals surface area (Å²) in [5.74, 6) is 0.358. The molecule has 0 atom stereocenters. The van der Waals surface area contributed by atoms with Gasteiger partial charge in [-0.3, -0.25) is 9.48 Å². The summed E-state index contributed by atoms with van der Waals surface area (Å²) < 4.78 is 7.70. The predicted molar refractivity (Wildman–Crippen MR) is 73.0 cm³/mol. The minimum Gasteiger partial charge on any atom is -0.496 e. The van der Waals surface area contributed by atoms with Crippen molar-refractivity contribution in [1.82, 2.24) is 20.3 Å². The predicted octanol–water partition coefficient (Wildman–Crippen LogP) is 1.48. The van der Waals surface area contributed by atoms with Crippen LogP contribution in [0.3, 0.4) is 0 Å². The molecule has 2 aromatic rings. The zero-order valence-electron chi connectivity index (χ0n) is 10.3. The molecule has 0 spiro atoms. The fourth-order valence-corrected chi connectivity index (χ4v) is 1.92. The molecule has 100 valence electrons. The van der Waals surface area contributed by atoms with E-state index in [1.807, 2.05) is 0 Å². The Hall–Kier alpha value is -1.89. The molecule has 1 amide bonds. The maximum absolute atomic E-state index is 12.0. The van der Waals surface area contributed by atoms with Crippen molar-refractivity contribution in [3.05, 3.63) is 40.6 Å². The molecule has 2 rings (SSSR count). The van der Waals surface area contributed by atoms with E-state index in [0.717, 1.165) is 4.47 Å². The van der Waals surface area contributed by atoms with Crippen molar-refractivity contribution in [3.63, 3.8) is 0 Å². The van der Waals surface area contributed by atoms with Gasteiger partial charge in [-0.1, -0.05) is 21.1 Å². The molecular weight excluding hydrogens is 312 g/mol. The van der Waals surface area contributed by atoms with Gasteiger partial charge in [0.1, 0.15) is 5.75 Å². The average Bonchev–Trinajstić information content (AvgIpc) is 2.91. The first-order chi connectivity index (χ1) is 9.20. The molecule has 0 bridgehead atoms. The molecular formula is C12H13BrN4O2. The molecule has 0 fully saturated rings. The van der Waals surface area contributed by atoms with E-state index in [2.05, 4.69) is 31.6 Å². The Morgan fingerprint density at radius 3 is 3.05 bits per heavy atom. The van der Waals surface area contributed by atoms with Gasteiger partial charge < -0.3 is 10.1 Å². The molecule has 1 aromatic heterocycles. The first-order valence-electron chi connectivity index (χ1n) is 5.66. The largest absolute Gasteiger partial charge is 0.496 e. The lowest BCUT2D eigenvalue weighted by atomic mass is 10.2. The summed E-state index contributed by atoms with van der Waals surface area (Å²) in [4.78, 5) is 12.0. The first-order valence-corrected chi connectivity index (χ1v) is 6.46. The van der Waals surface area contributed by atoms with Gasteiger partial charge in [0.2, 0.25) is 0 Å². The monoisotopic (exact) mass is 324 g/mol. The number of carbonyl (C=O) groups excluding carboxylic acids is 1. The van der Waals surface area contributed by atoms with Crippen molar-refractivity contribution in [2.75, 3.05) is 13.7 Å². The number of amides is 1. The van der Waals surface area contributed by atoms with Crippen molar-refractivity contribution in [2.45, 2.75) is 6.54 Å². The molecule has 0 saturated heterocycles. The third-order valence-electron chi connectivity index (χ3n) is 2.51. The number of hydrogen-bond donors (Lipinski definition) is 1. The molecule has 0 aliphatic carbocycles. The van der Waals surface area contributed by atoms with Crippen molar-refractivity contribution in [1.29, 1.82) is 0 Å². The number of rotatable bonds is 5. The van der Waals surface area contributed by atoms with Gasteiger partial charge in [-0.05, 0) is 18.2 Å². The number of benzene rings is 1. The first kappa shape index (κ1) is 13.5. The second-order valence-electron chi connectivity index (χ2n) is 3.77. The lowest BCUT2D eigenvalue weighted by Gasteiger charge is -2.09. The molecule has 0 aliphatic heterocycles. The van der Waals surface area contributed by atoms with E-state index in [9.17, 15) is 4.79 Å². The van der Waals surface area contributed by atoms with Gasteiger partial charge in [0, 0.05) is 17.2 Å². The van der Waals surface area contributed by atoms with E-state index < -0.39 is 0 Å². The van der Waals surface area contributed by atoms with Crippen LogP contribution >= 0.6 is 15.9 Å². The summed E-state index contributed by atoms with van der Waals surface area (Å²) in [5.41, 5.74) is 0.504. The average molecular weight is 325 g/mol. The van der Waals surface area contributed by atoms with E-state index >= 15 is 0 Å². The Morgan fingerprint density at radius 2 is 2.37 bits per heavy atom. The molecule has 0 radical (unpaired) electrons. The number of nitrogens with zero attached hydrogens (tertiary/aromatic N) is 3. The topological polar surface area (TPSA) is 69.0 Å². The molecule has 0 unspecified atom stereocenters. The zero-order chi connectivity index (χ0) is 13.7. The smallest absolute Gasteiger partial charge is 0.255 e. The van der Waals surface area contributed by atoms with Crippen LogP contribution in [0.5, 0.6) is 5.75 Å². The summed E-state index contributed by atoms with van der Waals surface area (Å²) in [6, 6.07) is 5.27. The minimum atomic E-state index is -0.176. The second kappa shape index (κ2) is 6.33. The standard InChI is InChI=1S/C12H13BrN4O2/c1-19-11-8-9(13)2-3-10(11)12(18)14-4-6-17-7-5-15-16-17/h2-3,5,7-8H,4,6H2,1H3,(H,14,18). The highest BCUT2D eigenvalue weighted by Crippen LogP contribution is 2.23. The number of halogens is 1. The van der Waals surface area contributed by atoms with Gasteiger partial charge in [0.15, 0.2) is 0 Å². The summed E-state index contributed by atoms with van der Waals surface area (Å²) in [6.07, 6.45) is 3.34. The van der Waals surface area contributed by atoms with Gasteiger partial charge in [-0.2, -0.15) is 0 Å². The Bertz CT molecular complexity index is 557. The second-order valence-corrected chi connectivity index (χ2v) is 4.68. The molecule has 1 N–H and O–H groups in total. The van der Waals surface area contributed by atoms with Crippen LogP contribution in [0.2, 0.25) is 0 Å². The van der Waals surface area contributed by atoms with Crippen LogP contribution in [-0.4, -0.2) is 34.6 Å². The maximum atomic E-state index is 12.0. The van der Waals surface area contributed by atoms with Crippen LogP contribution in [0.4, 0.5) is 0 Å². The van der Waals surface area contributed by atoms with Gasteiger partial charge in [0.05, 0.1) is 25.4 Å². The summed E-state index contributed by atoms with van der Waals surface area (Å²) >= 11 is 3.33. The Balaban J connectivity index is 1.96. The fraction of sp³-hybridized carbons (Fsp3) is 0.250. The van der Waals surface area contributed by atoms with Crippen LogP contribution in [-0.2, 0) is 6.54 Å². The van der Waals surface area contributed by atoms with E-state index in [-0.39, 0.29) is 5.91 Å². The SMILES string of the molecule is COc1cc(Br)ccc1C(=O)NCCn1ccnn1. The van der Waals surface area contributed by atoms with Gasteiger partial charge in [0.25, 0.3) is 5.91 Å². The lowest BCUT2D eigenvalue weighted by Crippen LogP contribution is -2.27. The van der Waals surface area contributed by atoms with E-state index in [4.69, 9.17) is 4.74 Å². The maximum Gasteiger partial charge on any atom is 0.255 e. The van der Waals surface area contributed by atoms with Crippen LogP contribution in [0.25, 0.3) is 0 Å². The number of hydrogen-bond acceptors (Lipinski definition) is 4. The van der Waals surface area contributed by atoms with E-state index in [1.54, 1.807) is 35.3 Å². The molecule has 7 heteroatoms. The third-order valence-corrected chi connectivity index (χ3v) is 3.00. The summed E-state index contributed by atoms with van der Waals surface area (Å²) in [5, 5.41) is 10.3. The highest BCUT2D eigenvalue weighted by atomic mass is 79.9. The van der Waals surface area contributed by atoms with E-state index in [1.165, 1.54) is 7.11 Å². The number of nitrogens with one attached hydrogen (secondary N) is 1. The fourth-order valence-electron chi connectivity index (χ4n) is 1.58. The van der Waals surface area contributed by atoms with Crippen LogP contribution in [0.1, 0.15) is 10.4 Å². The van der Waals surface area contributed by atoms with Crippen LogP contribution in [0.15, 0.2) is 35.1 Å². The molecule has 6 nitrogen and oxygen atoms in total. The number of aromatic nitrogens is 3. The highest BCUT2D eigenvalue weighted by molar-refractivity contribution is 9.10. The molecule has 19 heavy (non-hydrogen) atoms. The minimum absolute atomic E-state index is 0.176. The van der Waals surface area contributed by atoms with Crippen LogP contribution in [0, 0.1) is 0 Å². The van der Waals surface area contributed by atoms with Gasteiger partial charge in [-0.15, -0.1) is 5.10 Å². The molecule has 0 saturated carbocycles. The van der Waals surface area contributed by atoms with Crippen molar-refractivity contribution >= 4 is 21.8 Å². The van der Waals surface area contributed by atoms with Crippen molar-refractivity contribution in [3.8, 4) is 5.75 Å². The number of methoxy groups -OCH3 is 1. The Kier molecular flexibility index (Phi) is 4.51. The highest BCUT2D eigenvalue weighted by Gasteiger charge is 2.11. The van der Waals surface area contributed by atoms with Gasteiger partial charge >= 0.3 is 0 Å². The van der Waals surface area contributed by atoms with Crippen molar-refractivity contribution in [2.24, 2.45) is 0 Å². The summed E-state index contributed by atoms with van der Waals surface area (Å²) in [7, 11) is 1.54. The normalized spacial score (nSPS) is 10.2. The molecule has 1 aromatic carbocycles. The Morgan fingerprint density at radius 1 is 1.53 bits per heavy atom. The third kappa shape index (κ3) is 3.54. The quantitative estimate of drug-likeness (QED) is 0.904. The van der Waals surface area contributed by atoms with E-state index in [0.29, 0.717) is 24.4 Å².